The van der Waals surface area contributed by atoms with Crippen molar-refractivity contribution in [3.8, 4) is 0 Å². The van der Waals surface area contributed by atoms with Crippen LogP contribution in [0.4, 0.5) is 0 Å². The quantitative estimate of drug-likeness (QED) is 0.761. The number of aryl methyl sites for hydroxylation is 1. The summed E-state index contributed by atoms with van der Waals surface area (Å²) < 4.78 is 9.33. The Bertz CT molecular complexity index is 726. The molecule has 3 aliphatic rings. The van der Waals surface area contributed by atoms with Gasteiger partial charge in [0, 0.05) is 16.5 Å². The summed E-state index contributed by atoms with van der Waals surface area (Å²) >= 11 is 3.89. The number of halogens is 1. The third kappa shape index (κ3) is 1.72. The van der Waals surface area contributed by atoms with Gasteiger partial charge in [-0.25, -0.2) is 4.68 Å². The second-order valence-corrected chi connectivity index (χ2v) is 7.64. The smallest absolute Gasteiger partial charge is 0.150 e. The van der Waals surface area contributed by atoms with Gasteiger partial charge in [0.2, 0.25) is 0 Å². The Balaban J connectivity index is 1.68. The van der Waals surface area contributed by atoms with Crippen LogP contribution in [0.2, 0.25) is 0 Å². The number of hydrogen-bond donors (Lipinski definition) is 0. The Morgan fingerprint density at radius 1 is 1.29 bits per heavy atom. The Morgan fingerprint density at radius 2 is 2.19 bits per heavy atom. The molecule has 2 aliphatic carbocycles. The molecule has 21 heavy (non-hydrogen) atoms. The number of fused-ring (bicyclic) bond motifs is 3. The van der Waals surface area contributed by atoms with Crippen LogP contribution >= 0.6 is 15.9 Å². The van der Waals surface area contributed by atoms with Crippen molar-refractivity contribution in [2.45, 2.75) is 56.6 Å². The highest BCUT2D eigenvalue weighted by atomic mass is 79.9. The van der Waals surface area contributed by atoms with E-state index in [1.54, 1.807) is 5.56 Å². The first kappa shape index (κ1) is 12.7. The predicted octanol–water partition coefficient (Wildman–Crippen LogP) is 4.48. The lowest BCUT2D eigenvalue weighted by Crippen LogP contribution is -2.19. The van der Waals surface area contributed by atoms with Gasteiger partial charge in [-0.2, -0.15) is 5.10 Å². The Morgan fingerprint density at radius 3 is 2.95 bits per heavy atom. The highest BCUT2D eigenvalue weighted by Crippen LogP contribution is 2.59. The zero-order valence-corrected chi connectivity index (χ0v) is 13.7. The highest BCUT2D eigenvalue weighted by molar-refractivity contribution is 9.10. The van der Waals surface area contributed by atoms with Crippen molar-refractivity contribution in [1.82, 2.24) is 9.78 Å². The molecule has 0 bridgehead atoms. The van der Waals surface area contributed by atoms with Crippen LogP contribution in [0, 0.1) is 0 Å². The maximum Gasteiger partial charge on any atom is 0.150 e. The first-order valence-corrected chi connectivity index (χ1v) is 8.88. The summed E-state index contributed by atoms with van der Waals surface area (Å²) in [6.07, 6.45) is 10.9. The van der Waals surface area contributed by atoms with Crippen molar-refractivity contribution in [2.24, 2.45) is 0 Å². The van der Waals surface area contributed by atoms with Crippen molar-refractivity contribution in [1.29, 1.82) is 0 Å². The molecular formula is C17H19BrN2O. The minimum atomic E-state index is 0.123. The molecule has 5 rings (SSSR count). The van der Waals surface area contributed by atoms with Crippen molar-refractivity contribution >= 4 is 26.8 Å². The van der Waals surface area contributed by atoms with Gasteiger partial charge in [0.1, 0.15) is 0 Å². The van der Waals surface area contributed by atoms with E-state index in [-0.39, 0.29) is 6.23 Å². The van der Waals surface area contributed by atoms with Crippen LogP contribution in [0.5, 0.6) is 0 Å². The summed E-state index contributed by atoms with van der Waals surface area (Å²) in [5, 5.41) is 5.91. The minimum absolute atomic E-state index is 0.123. The van der Waals surface area contributed by atoms with Crippen LogP contribution < -0.4 is 0 Å². The topological polar surface area (TPSA) is 27.1 Å². The third-order valence-electron chi connectivity index (χ3n) is 5.61. The molecule has 4 heteroatoms. The molecule has 1 atom stereocenters. The minimum Gasteiger partial charge on any atom is -0.356 e. The SMILES string of the molecule is Brc1c2c(cc3c1cnn3C1CCCCO1)CCC21CC1. The van der Waals surface area contributed by atoms with Crippen molar-refractivity contribution in [3.05, 3.63) is 27.9 Å². The van der Waals surface area contributed by atoms with Crippen LogP contribution in [-0.4, -0.2) is 16.4 Å². The molecule has 1 aromatic heterocycles. The van der Waals surface area contributed by atoms with Crippen LogP contribution in [-0.2, 0) is 16.6 Å². The first-order valence-electron chi connectivity index (χ1n) is 8.09. The summed E-state index contributed by atoms with van der Waals surface area (Å²) in [6.45, 7) is 0.862. The van der Waals surface area contributed by atoms with E-state index in [0.29, 0.717) is 5.41 Å². The van der Waals surface area contributed by atoms with Crippen molar-refractivity contribution < 1.29 is 4.74 Å². The third-order valence-corrected chi connectivity index (χ3v) is 6.43. The highest BCUT2D eigenvalue weighted by Gasteiger charge is 2.50. The number of benzene rings is 1. The fourth-order valence-corrected chi connectivity index (χ4v) is 5.24. The second-order valence-electron chi connectivity index (χ2n) is 6.85. The van der Waals surface area contributed by atoms with Gasteiger partial charge >= 0.3 is 0 Å². The molecule has 0 N–H and O–H groups in total. The van der Waals surface area contributed by atoms with Crippen LogP contribution in [0.3, 0.4) is 0 Å². The number of ether oxygens (including phenoxy) is 1. The van der Waals surface area contributed by atoms with E-state index in [1.807, 2.05) is 6.20 Å². The Kier molecular flexibility index (Phi) is 2.61. The standard InChI is InChI=1S/C17H19BrN2O/c18-16-12-10-19-20(14-3-1-2-8-21-14)13(12)9-11-4-5-17(6-7-17)15(11)16/h9-10,14H,1-8H2. The molecule has 1 aromatic carbocycles. The second kappa shape index (κ2) is 4.32. The molecule has 2 fully saturated rings. The summed E-state index contributed by atoms with van der Waals surface area (Å²) in [6, 6.07) is 2.38. The van der Waals surface area contributed by atoms with E-state index < -0.39 is 0 Å². The fourth-order valence-electron chi connectivity index (χ4n) is 4.26. The summed E-state index contributed by atoms with van der Waals surface area (Å²) in [7, 11) is 0. The van der Waals surface area contributed by atoms with E-state index in [9.17, 15) is 0 Å². The summed E-state index contributed by atoms with van der Waals surface area (Å²) in [4.78, 5) is 0. The van der Waals surface area contributed by atoms with E-state index in [0.717, 1.165) is 13.0 Å². The molecule has 0 radical (unpaired) electrons. The van der Waals surface area contributed by atoms with E-state index >= 15 is 0 Å². The van der Waals surface area contributed by atoms with E-state index in [4.69, 9.17) is 4.74 Å². The molecule has 0 amide bonds. The number of hydrogen-bond acceptors (Lipinski definition) is 2. The van der Waals surface area contributed by atoms with Gasteiger partial charge in [-0.05, 0) is 83.5 Å². The molecular weight excluding hydrogens is 328 g/mol. The Labute approximate surface area is 132 Å². The summed E-state index contributed by atoms with van der Waals surface area (Å²) in [5.74, 6) is 0. The zero-order valence-electron chi connectivity index (χ0n) is 12.1. The molecule has 1 unspecified atom stereocenters. The van der Waals surface area contributed by atoms with Gasteiger partial charge in [0.05, 0.1) is 11.7 Å². The lowest BCUT2D eigenvalue weighted by Gasteiger charge is -2.23. The van der Waals surface area contributed by atoms with Gasteiger partial charge in [0.25, 0.3) is 0 Å². The average molecular weight is 347 g/mol. The van der Waals surface area contributed by atoms with Gasteiger partial charge in [-0.15, -0.1) is 0 Å². The van der Waals surface area contributed by atoms with Crippen molar-refractivity contribution in [3.63, 3.8) is 0 Å². The number of rotatable bonds is 1. The molecule has 1 saturated carbocycles. The lowest BCUT2D eigenvalue weighted by atomic mass is 9.97. The molecule has 1 saturated heterocycles. The normalized spacial score (nSPS) is 26.4. The molecule has 1 spiro atoms. The van der Waals surface area contributed by atoms with Gasteiger partial charge in [-0.1, -0.05) is 0 Å². The van der Waals surface area contributed by atoms with Crippen LogP contribution in [0.25, 0.3) is 10.9 Å². The maximum absolute atomic E-state index is 5.93. The van der Waals surface area contributed by atoms with Crippen LogP contribution in [0.1, 0.15) is 55.9 Å². The average Bonchev–Trinajstić information content (AvgIpc) is 3.01. The van der Waals surface area contributed by atoms with E-state index in [1.165, 1.54) is 59.5 Å². The number of nitrogens with zero attached hydrogens (tertiary/aromatic N) is 2. The van der Waals surface area contributed by atoms with Gasteiger partial charge in [-0.3, -0.25) is 0 Å². The lowest BCUT2D eigenvalue weighted by molar-refractivity contribution is -0.0366. The monoisotopic (exact) mass is 346 g/mol. The van der Waals surface area contributed by atoms with Crippen LogP contribution in [0.15, 0.2) is 16.7 Å². The van der Waals surface area contributed by atoms with Crippen molar-refractivity contribution in [2.75, 3.05) is 6.61 Å². The molecule has 1 aliphatic heterocycles. The van der Waals surface area contributed by atoms with Gasteiger partial charge in [0.15, 0.2) is 6.23 Å². The maximum atomic E-state index is 5.93. The molecule has 2 heterocycles. The largest absolute Gasteiger partial charge is 0.356 e. The predicted molar refractivity (Wildman–Crippen MR) is 85.5 cm³/mol. The molecule has 110 valence electrons. The zero-order chi connectivity index (χ0) is 14.0. The fraction of sp³-hybridized carbons (Fsp3) is 0.588. The first-order chi connectivity index (χ1) is 10.3. The van der Waals surface area contributed by atoms with E-state index in [2.05, 4.69) is 31.8 Å². The summed E-state index contributed by atoms with van der Waals surface area (Å²) in [5.41, 5.74) is 4.86. The molecule has 2 aromatic rings. The Hall–Kier alpha value is -0.870. The van der Waals surface area contributed by atoms with Gasteiger partial charge < -0.3 is 4.74 Å². The number of aromatic nitrogens is 2. The molecule has 3 nitrogen and oxygen atoms in total.